The van der Waals surface area contributed by atoms with E-state index in [4.69, 9.17) is 20.9 Å². The first-order chi connectivity index (χ1) is 25.5. The van der Waals surface area contributed by atoms with Gasteiger partial charge in [0.05, 0.1) is 33.6 Å². The lowest BCUT2D eigenvalue weighted by Gasteiger charge is -2.26. The van der Waals surface area contributed by atoms with Gasteiger partial charge in [-0.25, -0.2) is 9.80 Å². The number of nitrogens with two attached hydrogens (primary N) is 2. The monoisotopic (exact) mass is 700 g/mol. The molecular formula is C43H32N4O6. The zero-order chi connectivity index (χ0) is 37.0. The molecule has 10 heteroatoms. The van der Waals surface area contributed by atoms with E-state index in [-0.39, 0.29) is 17.2 Å². The zero-order valence-electron chi connectivity index (χ0n) is 28.7. The molecule has 53 heavy (non-hydrogen) atoms. The van der Waals surface area contributed by atoms with E-state index in [2.05, 4.69) is 13.8 Å². The highest BCUT2D eigenvalue weighted by molar-refractivity contribution is 6.35. The minimum absolute atomic E-state index is 0.293. The lowest BCUT2D eigenvalue weighted by atomic mass is 9.78. The van der Waals surface area contributed by atoms with Gasteiger partial charge < -0.3 is 20.9 Å². The third-order valence-corrected chi connectivity index (χ3v) is 9.63. The first kappa shape index (κ1) is 33.0. The van der Waals surface area contributed by atoms with Crippen LogP contribution in [0.15, 0.2) is 133 Å². The number of rotatable bonds is 8. The van der Waals surface area contributed by atoms with Crippen LogP contribution in [0.1, 0.15) is 66.4 Å². The van der Waals surface area contributed by atoms with E-state index in [1.807, 2.05) is 48.5 Å². The summed E-state index contributed by atoms with van der Waals surface area (Å²) in [6, 6.07) is 38.6. The van der Waals surface area contributed by atoms with E-state index in [0.29, 0.717) is 68.0 Å². The van der Waals surface area contributed by atoms with E-state index in [9.17, 15) is 19.2 Å². The van der Waals surface area contributed by atoms with Crippen LogP contribution in [0.25, 0.3) is 0 Å². The second-order valence-corrected chi connectivity index (χ2v) is 13.4. The summed E-state index contributed by atoms with van der Waals surface area (Å²) in [5.74, 6) is 0.786. The Balaban J connectivity index is 0.896. The highest BCUT2D eigenvalue weighted by Crippen LogP contribution is 2.37. The van der Waals surface area contributed by atoms with Gasteiger partial charge in [-0.15, -0.1) is 0 Å². The summed E-state index contributed by atoms with van der Waals surface area (Å²) in [6.07, 6.45) is 0. The number of imide groups is 2. The van der Waals surface area contributed by atoms with Gasteiger partial charge in [-0.2, -0.15) is 0 Å². The van der Waals surface area contributed by atoms with Crippen LogP contribution in [-0.2, 0) is 5.41 Å². The molecule has 4 N–H and O–H groups in total. The van der Waals surface area contributed by atoms with Crippen molar-refractivity contribution in [1.82, 2.24) is 0 Å². The Hall–Kier alpha value is -7.20. The van der Waals surface area contributed by atoms with E-state index in [0.717, 1.165) is 20.9 Å². The molecular weight excluding hydrogens is 668 g/mol. The van der Waals surface area contributed by atoms with Crippen molar-refractivity contribution < 1.29 is 28.7 Å². The van der Waals surface area contributed by atoms with Crippen molar-refractivity contribution >= 4 is 46.4 Å². The van der Waals surface area contributed by atoms with E-state index >= 15 is 0 Å². The molecule has 6 aromatic carbocycles. The molecule has 0 spiro atoms. The molecule has 2 aliphatic rings. The molecule has 0 aliphatic carbocycles. The average Bonchev–Trinajstić information content (AvgIpc) is 3.55. The highest BCUT2D eigenvalue weighted by atomic mass is 16.5. The lowest BCUT2D eigenvalue weighted by molar-refractivity contribution is 0.0910. The van der Waals surface area contributed by atoms with E-state index < -0.39 is 11.8 Å². The molecule has 2 heterocycles. The van der Waals surface area contributed by atoms with Crippen molar-refractivity contribution in [3.05, 3.63) is 167 Å². The van der Waals surface area contributed by atoms with Crippen LogP contribution in [0.3, 0.4) is 0 Å². The number of carbonyl (C=O) groups excluding carboxylic acids is 4. The number of nitrogens with zero attached hydrogens (tertiary/aromatic N) is 2. The number of carbonyl (C=O) groups is 4. The molecule has 0 bridgehead atoms. The smallest absolute Gasteiger partial charge is 0.266 e. The molecule has 260 valence electrons. The van der Waals surface area contributed by atoms with Crippen LogP contribution < -0.4 is 30.7 Å². The number of hydrogen-bond acceptors (Lipinski definition) is 8. The molecule has 0 saturated heterocycles. The van der Waals surface area contributed by atoms with Crippen molar-refractivity contribution in [1.29, 1.82) is 0 Å². The van der Waals surface area contributed by atoms with Gasteiger partial charge in [0.1, 0.15) is 23.0 Å². The van der Waals surface area contributed by atoms with Crippen molar-refractivity contribution in [2.24, 2.45) is 0 Å². The molecule has 10 nitrogen and oxygen atoms in total. The van der Waals surface area contributed by atoms with Crippen LogP contribution >= 0.6 is 0 Å². The van der Waals surface area contributed by atoms with E-state index in [1.165, 1.54) is 12.1 Å². The first-order valence-electron chi connectivity index (χ1n) is 16.8. The van der Waals surface area contributed by atoms with Crippen molar-refractivity contribution in [2.75, 3.05) is 21.3 Å². The number of nitrogen functional groups attached to an aromatic ring is 2. The number of anilines is 4. The maximum absolute atomic E-state index is 12.9. The number of fused-ring (bicyclic) bond motifs is 2. The van der Waals surface area contributed by atoms with Gasteiger partial charge in [0, 0.05) is 16.8 Å². The molecule has 0 aromatic heterocycles. The third-order valence-electron chi connectivity index (χ3n) is 9.63. The van der Waals surface area contributed by atoms with Gasteiger partial charge in [-0.1, -0.05) is 38.1 Å². The van der Waals surface area contributed by atoms with Crippen LogP contribution in [-0.4, -0.2) is 23.6 Å². The summed E-state index contributed by atoms with van der Waals surface area (Å²) in [7, 11) is 0. The molecule has 2 aliphatic heterocycles. The number of amides is 4. The molecule has 0 radical (unpaired) electrons. The second kappa shape index (κ2) is 12.5. The van der Waals surface area contributed by atoms with Crippen LogP contribution in [0.4, 0.5) is 22.7 Å². The first-order valence-corrected chi connectivity index (χ1v) is 16.8. The summed E-state index contributed by atoms with van der Waals surface area (Å²) in [6.45, 7) is 4.27. The molecule has 8 rings (SSSR count). The number of ether oxygens (including phenoxy) is 2. The largest absolute Gasteiger partial charge is 0.457 e. The Kier molecular flexibility index (Phi) is 7.80. The van der Waals surface area contributed by atoms with Crippen LogP contribution in [0, 0.1) is 0 Å². The Bertz CT molecular complexity index is 2280. The van der Waals surface area contributed by atoms with Crippen molar-refractivity contribution in [2.45, 2.75) is 19.3 Å². The summed E-state index contributed by atoms with van der Waals surface area (Å²) in [4.78, 5) is 54.0. The van der Waals surface area contributed by atoms with Crippen molar-refractivity contribution in [3.8, 4) is 23.0 Å². The fourth-order valence-electron chi connectivity index (χ4n) is 6.63. The van der Waals surface area contributed by atoms with Crippen LogP contribution in [0.2, 0.25) is 0 Å². The topological polar surface area (TPSA) is 145 Å². The van der Waals surface area contributed by atoms with E-state index in [1.54, 1.807) is 72.8 Å². The van der Waals surface area contributed by atoms with Gasteiger partial charge in [0.25, 0.3) is 23.6 Å². The summed E-state index contributed by atoms with van der Waals surface area (Å²) >= 11 is 0. The van der Waals surface area contributed by atoms with Crippen molar-refractivity contribution in [3.63, 3.8) is 0 Å². The summed E-state index contributed by atoms with van der Waals surface area (Å²) < 4.78 is 12.2. The Morgan fingerprint density at radius 3 is 1.06 bits per heavy atom. The molecule has 0 fully saturated rings. The fourth-order valence-corrected chi connectivity index (χ4v) is 6.63. The lowest BCUT2D eigenvalue weighted by Crippen LogP contribution is -2.29. The number of benzene rings is 6. The molecule has 6 aromatic rings. The molecule has 0 unspecified atom stereocenters. The standard InChI is InChI=1S/C43H32N4O6/c1-43(2,25-3-13-31(14-4-25)52-33-17-9-29(10-18-33)46-39(48)35-21-7-27(44)23-37(35)41(46)50)26-5-15-32(16-6-26)53-34-19-11-30(12-20-34)47-40(49)36-22-8-28(45)24-38(36)42(47)51/h3-24H,44-45H2,1-2H3. The third kappa shape index (κ3) is 5.81. The maximum Gasteiger partial charge on any atom is 0.266 e. The van der Waals surface area contributed by atoms with Gasteiger partial charge in [-0.3, -0.25) is 19.2 Å². The molecule has 0 atom stereocenters. The Morgan fingerprint density at radius 1 is 0.415 bits per heavy atom. The second-order valence-electron chi connectivity index (χ2n) is 13.4. The average molecular weight is 701 g/mol. The van der Waals surface area contributed by atoms with Gasteiger partial charge >= 0.3 is 0 Å². The van der Waals surface area contributed by atoms with Gasteiger partial charge in [-0.05, 0) is 120 Å². The Morgan fingerprint density at radius 2 is 0.717 bits per heavy atom. The Labute approximate surface area is 304 Å². The minimum Gasteiger partial charge on any atom is -0.457 e. The van der Waals surface area contributed by atoms with Gasteiger partial charge in [0.2, 0.25) is 0 Å². The SMILES string of the molecule is CC(C)(c1ccc(Oc2ccc(N3C(=O)c4ccc(N)cc4C3=O)cc2)cc1)c1ccc(Oc2ccc(N3C(=O)c4ccc(N)cc4C3=O)cc2)cc1. The normalized spacial score (nSPS) is 13.7. The molecule has 0 saturated carbocycles. The van der Waals surface area contributed by atoms with Crippen LogP contribution in [0.5, 0.6) is 23.0 Å². The molecule has 4 amide bonds. The summed E-state index contributed by atoms with van der Waals surface area (Å²) in [5.41, 5.74) is 16.4. The maximum atomic E-state index is 12.9. The van der Waals surface area contributed by atoms with Gasteiger partial charge in [0.15, 0.2) is 0 Å². The highest BCUT2D eigenvalue weighted by Gasteiger charge is 2.38. The fraction of sp³-hybridized carbons (Fsp3) is 0.0698. The predicted molar refractivity (Wildman–Crippen MR) is 202 cm³/mol. The zero-order valence-corrected chi connectivity index (χ0v) is 28.7. The quantitative estimate of drug-likeness (QED) is 0.119. The predicted octanol–water partition coefficient (Wildman–Crippen LogP) is 8.36. The minimum atomic E-state index is -0.410. The number of hydrogen-bond donors (Lipinski definition) is 2. The summed E-state index contributed by atoms with van der Waals surface area (Å²) in [5, 5.41) is 0.